The third kappa shape index (κ3) is 3.16. The number of aromatic nitrogens is 1. The number of para-hydroxylation sites is 1. The number of nitrogens with one attached hydrogen (secondary N) is 1. The number of Topliss-reactive ketones (excluding diaryl/α,β-unsaturated/α-hetero) is 1. The molecule has 0 aliphatic heterocycles. The second-order valence-electron chi connectivity index (χ2n) is 5.66. The second-order valence-corrected chi connectivity index (χ2v) is 5.66. The molecule has 0 unspecified atom stereocenters. The van der Waals surface area contributed by atoms with E-state index in [-0.39, 0.29) is 18.2 Å². The van der Waals surface area contributed by atoms with Gasteiger partial charge in [-0.25, -0.2) is 0 Å². The Kier molecular flexibility index (Phi) is 3.98. The molecule has 0 saturated carbocycles. The first-order valence-electron chi connectivity index (χ1n) is 7.50. The lowest BCUT2D eigenvalue weighted by molar-refractivity contribution is -0.116. The van der Waals surface area contributed by atoms with Gasteiger partial charge < -0.3 is 9.88 Å². The van der Waals surface area contributed by atoms with Crippen molar-refractivity contribution in [1.29, 1.82) is 0 Å². The van der Waals surface area contributed by atoms with Crippen molar-refractivity contribution < 1.29 is 9.59 Å². The molecule has 0 atom stereocenters. The molecule has 0 aliphatic carbocycles. The van der Waals surface area contributed by atoms with E-state index in [0.717, 1.165) is 22.2 Å². The molecule has 4 heteroatoms. The molecule has 1 heterocycles. The highest BCUT2D eigenvalue weighted by atomic mass is 16.2. The molecule has 0 radical (unpaired) electrons. The van der Waals surface area contributed by atoms with E-state index < -0.39 is 0 Å². The van der Waals surface area contributed by atoms with Gasteiger partial charge in [0.2, 0.25) is 5.91 Å². The van der Waals surface area contributed by atoms with Gasteiger partial charge in [0.1, 0.15) is 6.54 Å². The van der Waals surface area contributed by atoms with Gasteiger partial charge in [-0.05, 0) is 37.6 Å². The van der Waals surface area contributed by atoms with Crippen molar-refractivity contribution in [3.63, 3.8) is 0 Å². The van der Waals surface area contributed by atoms with Crippen LogP contribution >= 0.6 is 0 Å². The van der Waals surface area contributed by atoms with Crippen LogP contribution in [-0.2, 0) is 11.3 Å². The molecule has 3 rings (SSSR count). The molecule has 3 aromatic rings. The molecule has 1 aromatic heterocycles. The summed E-state index contributed by atoms with van der Waals surface area (Å²) in [6.07, 6.45) is 1.75. The fraction of sp³-hybridized carbons (Fsp3) is 0.158. The van der Waals surface area contributed by atoms with Crippen LogP contribution in [0.3, 0.4) is 0 Å². The summed E-state index contributed by atoms with van der Waals surface area (Å²) in [5.41, 5.74) is 3.40. The first-order valence-corrected chi connectivity index (χ1v) is 7.50. The predicted molar refractivity (Wildman–Crippen MR) is 91.8 cm³/mol. The summed E-state index contributed by atoms with van der Waals surface area (Å²) in [6, 6.07) is 15.3. The fourth-order valence-electron chi connectivity index (χ4n) is 2.74. The number of rotatable bonds is 4. The van der Waals surface area contributed by atoms with E-state index in [1.54, 1.807) is 13.1 Å². The zero-order valence-corrected chi connectivity index (χ0v) is 13.2. The molecule has 0 bridgehead atoms. The summed E-state index contributed by atoms with van der Waals surface area (Å²) in [6.45, 7) is 3.69. The van der Waals surface area contributed by atoms with Crippen molar-refractivity contribution in [3.05, 3.63) is 65.9 Å². The number of ketones is 1. The maximum Gasteiger partial charge on any atom is 0.244 e. The van der Waals surface area contributed by atoms with Crippen LogP contribution in [0.5, 0.6) is 0 Å². The lowest BCUT2D eigenvalue weighted by Crippen LogP contribution is -2.18. The molecule has 116 valence electrons. The number of nitrogens with zero attached hydrogens (tertiary/aromatic N) is 1. The van der Waals surface area contributed by atoms with E-state index in [2.05, 4.69) is 5.32 Å². The average Bonchev–Trinajstić information content (AvgIpc) is 2.86. The van der Waals surface area contributed by atoms with E-state index in [1.165, 1.54) is 0 Å². The van der Waals surface area contributed by atoms with Crippen LogP contribution in [0.2, 0.25) is 0 Å². The fourth-order valence-corrected chi connectivity index (χ4v) is 2.74. The number of aryl methyl sites for hydroxylation is 1. The number of amides is 1. The molecule has 0 aliphatic rings. The predicted octanol–water partition coefficient (Wildman–Crippen LogP) is 3.79. The van der Waals surface area contributed by atoms with Gasteiger partial charge in [0, 0.05) is 28.4 Å². The highest BCUT2D eigenvalue weighted by Crippen LogP contribution is 2.22. The summed E-state index contributed by atoms with van der Waals surface area (Å²) in [7, 11) is 0. The van der Waals surface area contributed by atoms with Gasteiger partial charge >= 0.3 is 0 Å². The molecule has 23 heavy (non-hydrogen) atoms. The Labute approximate surface area is 134 Å². The number of benzene rings is 2. The molecule has 4 nitrogen and oxygen atoms in total. The lowest BCUT2D eigenvalue weighted by atomic mass is 10.1. The average molecular weight is 306 g/mol. The largest absolute Gasteiger partial charge is 0.337 e. The lowest BCUT2D eigenvalue weighted by Gasteiger charge is -2.08. The Hall–Kier alpha value is -2.88. The number of fused-ring (bicyclic) bond motifs is 1. The highest BCUT2D eigenvalue weighted by Gasteiger charge is 2.13. The van der Waals surface area contributed by atoms with Crippen LogP contribution in [0, 0.1) is 6.92 Å². The van der Waals surface area contributed by atoms with E-state index in [1.807, 2.05) is 60.0 Å². The maximum atomic E-state index is 12.3. The summed E-state index contributed by atoms with van der Waals surface area (Å²) >= 11 is 0. The second kappa shape index (κ2) is 6.08. The number of carbonyl (C=O) groups is 2. The molecule has 2 aromatic carbocycles. The molecule has 1 N–H and O–H groups in total. The molecule has 0 spiro atoms. The molecule has 1 amide bonds. The minimum Gasteiger partial charge on any atom is -0.337 e. The van der Waals surface area contributed by atoms with Crippen LogP contribution in [0.15, 0.2) is 54.7 Å². The summed E-state index contributed by atoms with van der Waals surface area (Å²) < 4.78 is 1.82. The SMILES string of the molecule is CC(=O)c1cn(CC(=O)Nc2cccc(C)c2)c2ccccc12. The number of hydrogen-bond acceptors (Lipinski definition) is 2. The van der Waals surface area contributed by atoms with Crippen molar-refractivity contribution in [2.24, 2.45) is 0 Å². The van der Waals surface area contributed by atoms with Gasteiger partial charge in [0.15, 0.2) is 5.78 Å². The smallest absolute Gasteiger partial charge is 0.244 e. The van der Waals surface area contributed by atoms with E-state index in [9.17, 15) is 9.59 Å². The highest BCUT2D eigenvalue weighted by molar-refractivity contribution is 6.07. The van der Waals surface area contributed by atoms with Gasteiger partial charge in [-0.15, -0.1) is 0 Å². The third-order valence-electron chi connectivity index (χ3n) is 3.78. The summed E-state index contributed by atoms with van der Waals surface area (Å²) in [4.78, 5) is 24.1. The Morgan fingerprint density at radius 2 is 1.87 bits per heavy atom. The summed E-state index contributed by atoms with van der Waals surface area (Å²) in [5, 5.41) is 3.77. The standard InChI is InChI=1S/C19H18N2O2/c1-13-6-5-7-15(10-13)20-19(23)12-21-11-17(14(2)22)16-8-3-4-9-18(16)21/h3-11H,12H2,1-2H3,(H,20,23). The van der Waals surface area contributed by atoms with E-state index in [4.69, 9.17) is 0 Å². The van der Waals surface area contributed by atoms with Crippen LogP contribution in [0.1, 0.15) is 22.8 Å². The topological polar surface area (TPSA) is 51.1 Å². The summed E-state index contributed by atoms with van der Waals surface area (Å²) in [5.74, 6) is -0.120. The number of hydrogen-bond donors (Lipinski definition) is 1. The first kappa shape index (κ1) is 15.0. The Bertz CT molecular complexity index is 893. The van der Waals surface area contributed by atoms with Crippen molar-refractivity contribution in [3.8, 4) is 0 Å². The van der Waals surface area contributed by atoms with Gasteiger partial charge in [-0.1, -0.05) is 30.3 Å². The molecular formula is C19H18N2O2. The van der Waals surface area contributed by atoms with Crippen molar-refractivity contribution in [2.45, 2.75) is 20.4 Å². The first-order chi connectivity index (χ1) is 11.0. The molecule has 0 fully saturated rings. The van der Waals surface area contributed by atoms with Crippen molar-refractivity contribution in [1.82, 2.24) is 4.57 Å². The van der Waals surface area contributed by atoms with Crippen LogP contribution in [0.25, 0.3) is 10.9 Å². The minimum absolute atomic E-state index is 0.000887. The number of carbonyl (C=O) groups excluding carboxylic acids is 2. The molecule has 0 saturated heterocycles. The number of anilines is 1. The van der Waals surface area contributed by atoms with Crippen LogP contribution in [-0.4, -0.2) is 16.3 Å². The Morgan fingerprint density at radius 1 is 1.09 bits per heavy atom. The van der Waals surface area contributed by atoms with Gasteiger partial charge in [0.25, 0.3) is 0 Å². The third-order valence-corrected chi connectivity index (χ3v) is 3.78. The van der Waals surface area contributed by atoms with Gasteiger partial charge in [-0.3, -0.25) is 9.59 Å². The van der Waals surface area contributed by atoms with Gasteiger partial charge in [-0.2, -0.15) is 0 Å². The Balaban J connectivity index is 1.86. The van der Waals surface area contributed by atoms with E-state index in [0.29, 0.717) is 5.56 Å². The van der Waals surface area contributed by atoms with Crippen molar-refractivity contribution >= 4 is 28.3 Å². The minimum atomic E-state index is -0.119. The van der Waals surface area contributed by atoms with E-state index >= 15 is 0 Å². The zero-order chi connectivity index (χ0) is 16.4. The van der Waals surface area contributed by atoms with Crippen molar-refractivity contribution in [2.75, 3.05) is 5.32 Å². The Morgan fingerprint density at radius 3 is 2.61 bits per heavy atom. The monoisotopic (exact) mass is 306 g/mol. The molecular weight excluding hydrogens is 288 g/mol. The van der Waals surface area contributed by atoms with Crippen LogP contribution < -0.4 is 5.32 Å². The maximum absolute atomic E-state index is 12.3. The van der Waals surface area contributed by atoms with Crippen LogP contribution in [0.4, 0.5) is 5.69 Å². The normalized spacial score (nSPS) is 10.7. The van der Waals surface area contributed by atoms with Gasteiger partial charge in [0.05, 0.1) is 0 Å². The quantitative estimate of drug-likeness (QED) is 0.746. The zero-order valence-electron chi connectivity index (χ0n) is 13.2.